The summed E-state index contributed by atoms with van der Waals surface area (Å²) in [5.41, 5.74) is 1.16. The molecular formula is C12H16NO. The Morgan fingerprint density at radius 3 is 2.43 bits per heavy atom. The molecule has 0 saturated carbocycles. The molecule has 2 nitrogen and oxygen atoms in total. The minimum atomic E-state index is -0.197. The van der Waals surface area contributed by atoms with Gasteiger partial charge in [-0.2, -0.15) is 0 Å². The van der Waals surface area contributed by atoms with Gasteiger partial charge in [-0.15, -0.1) is 0 Å². The number of benzene rings is 1. The molecule has 0 spiro atoms. The lowest BCUT2D eigenvalue weighted by Crippen LogP contribution is -2.37. The van der Waals surface area contributed by atoms with E-state index in [1.165, 1.54) is 0 Å². The molecule has 0 aliphatic heterocycles. The highest BCUT2D eigenvalue weighted by atomic mass is 16.1. The lowest BCUT2D eigenvalue weighted by atomic mass is 10.1. The first kappa shape index (κ1) is 10.9. The first-order chi connectivity index (χ1) is 6.72. The molecule has 1 radical (unpaired) electrons. The molecule has 0 fully saturated rings. The summed E-state index contributed by atoms with van der Waals surface area (Å²) in [4.78, 5) is 10.7. The number of hydrogen-bond acceptors (Lipinski definition) is 2. The van der Waals surface area contributed by atoms with E-state index in [1.807, 2.05) is 50.5 Å². The largest absolute Gasteiger partial charge is 0.305 e. The van der Waals surface area contributed by atoms with Crippen molar-refractivity contribution in [1.82, 2.24) is 5.32 Å². The van der Waals surface area contributed by atoms with Gasteiger partial charge in [-0.3, -0.25) is 4.79 Å². The maximum Gasteiger partial charge on any atom is 0.217 e. The van der Waals surface area contributed by atoms with Gasteiger partial charge in [0.25, 0.3) is 0 Å². The monoisotopic (exact) mass is 190 g/mol. The number of rotatable bonds is 5. The molecule has 0 aliphatic rings. The van der Waals surface area contributed by atoms with Crippen molar-refractivity contribution >= 4 is 6.29 Å². The van der Waals surface area contributed by atoms with E-state index < -0.39 is 0 Å². The SMILES string of the molecule is CC(C)N[C@H]([C]=O)Cc1ccccc1. The topological polar surface area (TPSA) is 29.1 Å². The average molecular weight is 190 g/mol. The van der Waals surface area contributed by atoms with Crippen LogP contribution in [-0.2, 0) is 11.2 Å². The summed E-state index contributed by atoms with van der Waals surface area (Å²) in [5.74, 6) is 0. The van der Waals surface area contributed by atoms with Crippen molar-refractivity contribution in [3.8, 4) is 0 Å². The van der Waals surface area contributed by atoms with E-state index in [9.17, 15) is 4.79 Å². The first-order valence-electron chi connectivity index (χ1n) is 4.90. The van der Waals surface area contributed by atoms with Gasteiger partial charge >= 0.3 is 0 Å². The zero-order valence-corrected chi connectivity index (χ0v) is 8.66. The van der Waals surface area contributed by atoms with Gasteiger partial charge < -0.3 is 5.32 Å². The van der Waals surface area contributed by atoms with Crippen LogP contribution in [-0.4, -0.2) is 18.4 Å². The van der Waals surface area contributed by atoms with Crippen molar-refractivity contribution in [2.45, 2.75) is 32.4 Å². The van der Waals surface area contributed by atoms with Gasteiger partial charge in [-0.1, -0.05) is 44.2 Å². The van der Waals surface area contributed by atoms with Crippen LogP contribution in [0, 0.1) is 0 Å². The van der Waals surface area contributed by atoms with Crippen LogP contribution < -0.4 is 5.32 Å². The van der Waals surface area contributed by atoms with E-state index in [4.69, 9.17) is 0 Å². The van der Waals surface area contributed by atoms with Crippen LogP contribution in [0.3, 0.4) is 0 Å². The van der Waals surface area contributed by atoms with Crippen LogP contribution in [0.5, 0.6) is 0 Å². The van der Waals surface area contributed by atoms with Crippen molar-refractivity contribution in [2.24, 2.45) is 0 Å². The quantitative estimate of drug-likeness (QED) is 0.765. The van der Waals surface area contributed by atoms with E-state index >= 15 is 0 Å². The van der Waals surface area contributed by atoms with E-state index in [0.717, 1.165) is 5.56 Å². The molecule has 0 saturated heterocycles. The molecule has 75 valence electrons. The molecule has 14 heavy (non-hydrogen) atoms. The van der Waals surface area contributed by atoms with E-state index in [-0.39, 0.29) is 6.04 Å². The fraction of sp³-hybridized carbons (Fsp3) is 0.417. The normalized spacial score (nSPS) is 12.8. The van der Waals surface area contributed by atoms with Crippen molar-refractivity contribution in [3.63, 3.8) is 0 Å². The minimum absolute atomic E-state index is 0.197. The lowest BCUT2D eigenvalue weighted by molar-refractivity contribution is 0.487. The standard InChI is InChI=1S/C12H16NO/c1-10(2)13-12(9-14)8-11-6-4-3-5-7-11/h3-7,10,12-13H,8H2,1-2H3/t12-/m0/s1. The van der Waals surface area contributed by atoms with Crippen LogP contribution >= 0.6 is 0 Å². The molecule has 0 heterocycles. The third-order valence-electron chi connectivity index (χ3n) is 1.96. The van der Waals surface area contributed by atoms with E-state index in [2.05, 4.69) is 5.32 Å². The summed E-state index contributed by atoms with van der Waals surface area (Å²) in [6.45, 7) is 4.05. The number of nitrogens with one attached hydrogen (secondary N) is 1. The summed E-state index contributed by atoms with van der Waals surface area (Å²) in [5, 5.41) is 3.15. The predicted octanol–water partition coefficient (Wildman–Crippen LogP) is 1.71. The van der Waals surface area contributed by atoms with E-state index in [0.29, 0.717) is 12.5 Å². The molecule has 0 aromatic heterocycles. The maximum absolute atomic E-state index is 10.7. The van der Waals surface area contributed by atoms with Crippen LogP contribution in [0.25, 0.3) is 0 Å². The summed E-state index contributed by atoms with van der Waals surface area (Å²) in [6, 6.07) is 10.1. The van der Waals surface area contributed by atoms with Gasteiger partial charge in [0, 0.05) is 6.04 Å². The molecule has 1 aromatic rings. The summed E-state index contributed by atoms with van der Waals surface area (Å²) < 4.78 is 0. The molecule has 0 amide bonds. The fourth-order valence-electron chi connectivity index (χ4n) is 1.39. The molecule has 0 unspecified atom stereocenters. The fourth-order valence-corrected chi connectivity index (χ4v) is 1.39. The summed E-state index contributed by atoms with van der Waals surface area (Å²) >= 11 is 0. The summed E-state index contributed by atoms with van der Waals surface area (Å²) in [6.07, 6.45) is 2.73. The van der Waals surface area contributed by atoms with Crippen molar-refractivity contribution in [2.75, 3.05) is 0 Å². The Morgan fingerprint density at radius 1 is 1.29 bits per heavy atom. The molecule has 1 atom stereocenters. The maximum atomic E-state index is 10.7. The van der Waals surface area contributed by atoms with Crippen LogP contribution in [0.4, 0.5) is 0 Å². The lowest BCUT2D eigenvalue weighted by Gasteiger charge is -2.14. The van der Waals surface area contributed by atoms with Gasteiger partial charge in [0.2, 0.25) is 6.29 Å². The smallest absolute Gasteiger partial charge is 0.217 e. The number of hydrogen-bond donors (Lipinski definition) is 1. The Balaban J connectivity index is 2.53. The van der Waals surface area contributed by atoms with Gasteiger partial charge in [0.1, 0.15) is 0 Å². The molecule has 0 aliphatic carbocycles. The molecular weight excluding hydrogens is 174 g/mol. The summed E-state index contributed by atoms with van der Waals surface area (Å²) in [7, 11) is 0. The highest BCUT2D eigenvalue weighted by Gasteiger charge is 2.09. The highest BCUT2D eigenvalue weighted by molar-refractivity contribution is 5.59. The van der Waals surface area contributed by atoms with Crippen molar-refractivity contribution < 1.29 is 4.79 Å². The Labute approximate surface area is 85.3 Å². The first-order valence-corrected chi connectivity index (χ1v) is 4.90. The van der Waals surface area contributed by atoms with Crippen LogP contribution in [0.15, 0.2) is 30.3 Å². The molecule has 2 heteroatoms. The van der Waals surface area contributed by atoms with Gasteiger partial charge in [0.05, 0.1) is 6.04 Å². The zero-order chi connectivity index (χ0) is 10.4. The second kappa shape index (κ2) is 5.55. The average Bonchev–Trinajstić information content (AvgIpc) is 2.17. The van der Waals surface area contributed by atoms with Crippen LogP contribution in [0.1, 0.15) is 19.4 Å². The van der Waals surface area contributed by atoms with Gasteiger partial charge in [-0.05, 0) is 12.0 Å². The molecule has 1 N–H and O–H groups in total. The third kappa shape index (κ3) is 3.71. The molecule has 1 aromatic carbocycles. The highest BCUT2D eigenvalue weighted by Crippen LogP contribution is 2.02. The Hall–Kier alpha value is -1.15. The third-order valence-corrected chi connectivity index (χ3v) is 1.96. The second-order valence-corrected chi connectivity index (χ2v) is 3.68. The van der Waals surface area contributed by atoms with Crippen molar-refractivity contribution in [1.29, 1.82) is 0 Å². The number of carbonyl (C=O) groups excluding carboxylic acids is 1. The predicted molar refractivity (Wildman–Crippen MR) is 57.9 cm³/mol. The van der Waals surface area contributed by atoms with Gasteiger partial charge in [-0.25, -0.2) is 0 Å². The molecule has 1 rings (SSSR count). The van der Waals surface area contributed by atoms with Crippen LogP contribution in [0.2, 0.25) is 0 Å². The zero-order valence-electron chi connectivity index (χ0n) is 8.66. The Bertz CT molecular complexity index is 269. The second-order valence-electron chi connectivity index (χ2n) is 3.68. The van der Waals surface area contributed by atoms with Crippen molar-refractivity contribution in [3.05, 3.63) is 35.9 Å². The van der Waals surface area contributed by atoms with E-state index in [1.54, 1.807) is 0 Å². The Morgan fingerprint density at radius 2 is 1.93 bits per heavy atom. The Kier molecular flexibility index (Phi) is 4.33. The molecule has 0 bridgehead atoms. The van der Waals surface area contributed by atoms with Gasteiger partial charge in [0.15, 0.2) is 0 Å². The minimum Gasteiger partial charge on any atom is -0.305 e.